The van der Waals surface area contributed by atoms with Crippen molar-refractivity contribution in [3.05, 3.63) is 18.8 Å². The maximum Gasteiger partial charge on any atom is 0.327 e. The SMILES string of the molecule is O=C(O)C=CC[CH]O. The van der Waals surface area contributed by atoms with Crippen molar-refractivity contribution in [3.63, 3.8) is 0 Å². The van der Waals surface area contributed by atoms with Crippen LogP contribution in [-0.2, 0) is 4.79 Å². The number of carboxylic acid groups (broad SMARTS) is 1. The summed E-state index contributed by atoms with van der Waals surface area (Å²) in [7, 11) is 0. The van der Waals surface area contributed by atoms with Crippen molar-refractivity contribution in [2.45, 2.75) is 6.42 Å². The first-order chi connectivity index (χ1) is 3.77. The molecule has 0 atom stereocenters. The molecule has 0 aliphatic heterocycles. The zero-order valence-electron chi connectivity index (χ0n) is 4.24. The van der Waals surface area contributed by atoms with E-state index in [2.05, 4.69) is 0 Å². The van der Waals surface area contributed by atoms with Crippen LogP contribution in [0.15, 0.2) is 12.2 Å². The lowest BCUT2D eigenvalue weighted by molar-refractivity contribution is -0.131. The fourth-order valence-corrected chi connectivity index (χ4v) is 0.230. The highest BCUT2D eigenvalue weighted by Gasteiger charge is 1.81. The van der Waals surface area contributed by atoms with Crippen molar-refractivity contribution in [2.24, 2.45) is 0 Å². The lowest BCUT2D eigenvalue weighted by atomic mass is 10.4. The van der Waals surface area contributed by atoms with E-state index in [1.807, 2.05) is 0 Å². The summed E-state index contributed by atoms with van der Waals surface area (Å²) in [5.74, 6) is -0.994. The quantitative estimate of drug-likeness (QED) is 0.528. The lowest BCUT2D eigenvalue weighted by Gasteiger charge is -1.78. The van der Waals surface area contributed by atoms with E-state index in [0.717, 1.165) is 12.7 Å². The molecule has 3 heteroatoms. The topological polar surface area (TPSA) is 57.5 Å². The van der Waals surface area contributed by atoms with Gasteiger partial charge in [-0.25, -0.2) is 4.79 Å². The molecule has 0 aliphatic rings. The van der Waals surface area contributed by atoms with Gasteiger partial charge in [-0.1, -0.05) is 6.08 Å². The third-order valence-corrected chi connectivity index (χ3v) is 0.502. The first-order valence-corrected chi connectivity index (χ1v) is 2.12. The monoisotopic (exact) mass is 115 g/mol. The average molecular weight is 115 g/mol. The summed E-state index contributed by atoms with van der Waals surface area (Å²) >= 11 is 0. The Morgan fingerprint density at radius 3 is 2.62 bits per heavy atom. The fraction of sp³-hybridized carbons (Fsp3) is 0.200. The Bertz CT molecular complexity index is 95.8. The van der Waals surface area contributed by atoms with E-state index in [9.17, 15) is 4.79 Å². The van der Waals surface area contributed by atoms with Gasteiger partial charge in [0, 0.05) is 6.08 Å². The third-order valence-electron chi connectivity index (χ3n) is 0.502. The molecule has 0 spiro atoms. The number of hydrogen-bond acceptors (Lipinski definition) is 2. The third kappa shape index (κ3) is 5.17. The van der Waals surface area contributed by atoms with Crippen LogP contribution in [0.3, 0.4) is 0 Å². The maximum absolute atomic E-state index is 9.69. The van der Waals surface area contributed by atoms with Crippen molar-refractivity contribution in [1.82, 2.24) is 0 Å². The van der Waals surface area contributed by atoms with Crippen LogP contribution in [0.25, 0.3) is 0 Å². The standard InChI is InChI=1S/C5H7O3/c6-4-2-1-3-5(7)8/h1,3-4,6H,2H2,(H,7,8). The van der Waals surface area contributed by atoms with Crippen LogP contribution in [0.4, 0.5) is 0 Å². The predicted molar refractivity (Wildman–Crippen MR) is 27.6 cm³/mol. The highest BCUT2D eigenvalue weighted by molar-refractivity contribution is 5.79. The van der Waals surface area contributed by atoms with E-state index < -0.39 is 5.97 Å². The second kappa shape index (κ2) is 4.33. The number of aliphatic carboxylic acids is 1. The number of aliphatic hydroxyl groups is 1. The van der Waals surface area contributed by atoms with Gasteiger partial charge in [0.1, 0.15) is 0 Å². The van der Waals surface area contributed by atoms with Gasteiger partial charge in [-0.05, 0) is 6.42 Å². The highest BCUT2D eigenvalue weighted by atomic mass is 16.4. The molecule has 45 valence electrons. The molecule has 0 rings (SSSR count). The van der Waals surface area contributed by atoms with Crippen LogP contribution in [-0.4, -0.2) is 16.2 Å². The van der Waals surface area contributed by atoms with E-state index in [4.69, 9.17) is 10.2 Å². The molecule has 0 unspecified atom stereocenters. The predicted octanol–water partition coefficient (Wildman–Crippen LogP) is 0.552. The Kier molecular flexibility index (Phi) is 3.88. The van der Waals surface area contributed by atoms with Crippen LogP contribution in [0.2, 0.25) is 0 Å². The summed E-state index contributed by atoms with van der Waals surface area (Å²) in [4.78, 5) is 9.69. The number of carbonyl (C=O) groups is 1. The zero-order valence-corrected chi connectivity index (χ0v) is 4.24. The van der Waals surface area contributed by atoms with Gasteiger partial charge in [0.25, 0.3) is 0 Å². The largest absolute Gasteiger partial charge is 0.478 e. The van der Waals surface area contributed by atoms with Crippen LogP contribution in [0.1, 0.15) is 6.42 Å². The van der Waals surface area contributed by atoms with Gasteiger partial charge in [0.15, 0.2) is 0 Å². The molecule has 0 heterocycles. The molecular formula is C5H7O3. The van der Waals surface area contributed by atoms with Crippen molar-refractivity contribution in [1.29, 1.82) is 0 Å². The lowest BCUT2D eigenvalue weighted by Crippen LogP contribution is -1.85. The van der Waals surface area contributed by atoms with Gasteiger partial charge in [0.05, 0.1) is 6.61 Å². The molecule has 0 fully saturated rings. The van der Waals surface area contributed by atoms with E-state index in [1.54, 1.807) is 0 Å². The van der Waals surface area contributed by atoms with Gasteiger partial charge in [-0.3, -0.25) is 0 Å². The Morgan fingerprint density at radius 1 is 1.62 bits per heavy atom. The molecule has 0 amide bonds. The number of hydrogen-bond donors (Lipinski definition) is 2. The minimum absolute atomic E-state index is 0.284. The molecular weight excluding hydrogens is 108 g/mol. The summed E-state index contributed by atoms with van der Waals surface area (Å²) in [5.41, 5.74) is 0. The average Bonchev–Trinajstić information content (AvgIpc) is 1.66. The first-order valence-electron chi connectivity index (χ1n) is 2.12. The molecule has 2 N–H and O–H groups in total. The number of aliphatic hydroxyl groups excluding tert-OH is 1. The van der Waals surface area contributed by atoms with E-state index in [1.165, 1.54) is 6.08 Å². The van der Waals surface area contributed by atoms with Gasteiger partial charge in [0.2, 0.25) is 0 Å². The summed E-state index contributed by atoms with van der Waals surface area (Å²) in [6.07, 6.45) is 2.61. The molecule has 3 nitrogen and oxygen atoms in total. The fourth-order valence-electron chi connectivity index (χ4n) is 0.230. The van der Waals surface area contributed by atoms with Crippen molar-refractivity contribution >= 4 is 5.97 Å². The Labute approximate surface area is 47.3 Å². The van der Waals surface area contributed by atoms with Crippen molar-refractivity contribution < 1.29 is 15.0 Å². The van der Waals surface area contributed by atoms with Crippen LogP contribution in [0.5, 0.6) is 0 Å². The molecule has 0 aliphatic carbocycles. The minimum atomic E-state index is -0.994. The van der Waals surface area contributed by atoms with Gasteiger partial charge < -0.3 is 10.2 Å². The van der Waals surface area contributed by atoms with E-state index in [0.29, 0.717) is 0 Å². The Balaban J connectivity index is 3.20. The molecule has 8 heavy (non-hydrogen) atoms. The van der Waals surface area contributed by atoms with Gasteiger partial charge >= 0.3 is 5.97 Å². The normalized spacial score (nSPS) is 10.1. The minimum Gasteiger partial charge on any atom is -0.478 e. The number of carboxylic acids is 1. The summed E-state index contributed by atoms with van der Waals surface area (Å²) in [6.45, 7) is 0.888. The molecule has 0 saturated carbocycles. The second-order valence-corrected chi connectivity index (χ2v) is 1.16. The molecule has 0 saturated heterocycles. The van der Waals surface area contributed by atoms with Crippen LogP contribution in [0, 0.1) is 6.61 Å². The summed E-state index contributed by atoms with van der Waals surface area (Å²) in [5, 5.41) is 16.0. The smallest absolute Gasteiger partial charge is 0.327 e. The van der Waals surface area contributed by atoms with E-state index >= 15 is 0 Å². The molecule has 1 radical (unpaired) electrons. The van der Waals surface area contributed by atoms with Crippen molar-refractivity contribution in [3.8, 4) is 0 Å². The Hall–Kier alpha value is -0.830. The van der Waals surface area contributed by atoms with Crippen molar-refractivity contribution in [2.75, 3.05) is 0 Å². The summed E-state index contributed by atoms with van der Waals surface area (Å²) < 4.78 is 0. The number of rotatable bonds is 3. The molecule has 0 aromatic rings. The zero-order chi connectivity index (χ0) is 6.41. The van der Waals surface area contributed by atoms with Gasteiger partial charge in [-0.2, -0.15) is 0 Å². The second-order valence-electron chi connectivity index (χ2n) is 1.16. The van der Waals surface area contributed by atoms with Crippen LogP contribution < -0.4 is 0 Å². The molecule has 0 aromatic heterocycles. The van der Waals surface area contributed by atoms with Gasteiger partial charge in [-0.15, -0.1) is 0 Å². The molecule has 0 bridgehead atoms. The maximum atomic E-state index is 9.69. The highest BCUT2D eigenvalue weighted by Crippen LogP contribution is 1.82. The molecule has 0 aromatic carbocycles. The van der Waals surface area contributed by atoms with Crippen LogP contribution >= 0.6 is 0 Å². The van der Waals surface area contributed by atoms with E-state index in [-0.39, 0.29) is 6.42 Å². The Morgan fingerprint density at radius 2 is 2.25 bits per heavy atom. The first kappa shape index (κ1) is 7.17. The summed E-state index contributed by atoms with van der Waals surface area (Å²) in [6, 6.07) is 0.